The van der Waals surface area contributed by atoms with Gasteiger partial charge in [0.15, 0.2) is 0 Å². The molecule has 2 aromatic heterocycles. The maximum atomic E-state index is 5.43. The van der Waals surface area contributed by atoms with Crippen LogP contribution in [0.2, 0.25) is 0 Å². The number of aromatic nitrogens is 3. The molecule has 0 aliphatic carbocycles. The summed E-state index contributed by atoms with van der Waals surface area (Å²) in [6.45, 7) is 7.11. The Kier molecular flexibility index (Phi) is 3.06. The van der Waals surface area contributed by atoms with E-state index in [2.05, 4.69) is 27.4 Å². The van der Waals surface area contributed by atoms with Gasteiger partial charge in [0.1, 0.15) is 0 Å². The Morgan fingerprint density at radius 1 is 1.21 bits per heavy atom. The fourth-order valence-electron chi connectivity index (χ4n) is 2.66. The minimum absolute atomic E-state index is 0.324. The van der Waals surface area contributed by atoms with Crippen LogP contribution < -0.4 is 5.32 Å². The third-order valence-corrected chi connectivity index (χ3v) is 3.62. The van der Waals surface area contributed by atoms with Crippen molar-refractivity contribution in [2.75, 3.05) is 6.54 Å². The number of pyridine rings is 1. The number of hydrogen-bond acceptors (Lipinski definition) is 5. The van der Waals surface area contributed by atoms with Crippen molar-refractivity contribution < 1.29 is 4.52 Å². The highest BCUT2D eigenvalue weighted by molar-refractivity contribution is 5.55. The molecule has 2 unspecified atom stereocenters. The summed E-state index contributed by atoms with van der Waals surface area (Å²) in [5, 5.41) is 7.50. The lowest BCUT2D eigenvalue weighted by Crippen LogP contribution is -2.21. The summed E-state index contributed by atoms with van der Waals surface area (Å²) in [5.41, 5.74) is 2.91. The molecule has 0 saturated carbocycles. The van der Waals surface area contributed by atoms with E-state index in [0.29, 0.717) is 17.8 Å². The molecule has 100 valence electrons. The second-order valence-corrected chi connectivity index (χ2v) is 5.23. The van der Waals surface area contributed by atoms with Crippen molar-refractivity contribution in [3.8, 4) is 11.4 Å². The molecule has 0 bridgehead atoms. The summed E-state index contributed by atoms with van der Waals surface area (Å²) >= 11 is 0. The summed E-state index contributed by atoms with van der Waals surface area (Å²) in [5.74, 6) is 1.72. The first-order chi connectivity index (χ1) is 9.13. The van der Waals surface area contributed by atoms with E-state index in [0.717, 1.165) is 35.8 Å². The molecule has 1 saturated heterocycles. The molecule has 19 heavy (non-hydrogen) atoms. The zero-order valence-corrected chi connectivity index (χ0v) is 11.5. The van der Waals surface area contributed by atoms with Crippen LogP contribution in [0.3, 0.4) is 0 Å². The van der Waals surface area contributed by atoms with E-state index < -0.39 is 0 Å². The van der Waals surface area contributed by atoms with Gasteiger partial charge in [-0.2, -0.15) is 4.98 Å². The monoisotopic (exact) mass is 258 g/mol. The van der Waals surface area contributed by atoms with Crippen LogP contribution in [-0.4, -0.2) is 27.7 Å². The van der Waals surface area contributed by atoms with Crippen molar-refractivity contribution in [1.82, 2.24) is 20.4 Å². The van der Waals surface area contributed by atoms with Gasteiger partial charge in [-0.25, -0.2) is 0 Å². The Morgan fingerprint density at radius 3 is 2.58 bits per heavy atom. The first-order valence-corrected chi connectivity index (χ1v) is 6.66. The van der Waals surface area contributed by atoms with Crippen molar-refractivity contribution in [1.29, 1.82) is 0 Å². The number of nitrogens with one attached hydrogen (secondary N) is 1. The summed E-state index contributed by atoms with van der Waals surface area (Å²) in [4.78, 5) is 8.91. The van der Waals surface area contributed by atoms with Crippen LogP contribution in [-0.2, 0) is 0 Å². The Bertz CT molecular complexity index is 573. The van der Waals surface area contributed by atoms with Crippen molar-refractivity contribution in [3.05, 3.63) is 29.4 Å². The topological polar surface area (TPSA) is 63.8 Å². The minimum atomic E-state index is 0.324. The Labute approximate surface area is 112 Å². The van der Waals surface area contributed by atoms with Crippen molar-refractivity contribution in [2.24, 2.45) is 0 Å². The molecule has 5 heteroatoms. The molecule has 2 aromatic rings. The molecule has 1 fully saturated rings. The highest BCUT2D eigenvalue weighted by Gasteiger charge is 2.29. The van der Waals surface area contributed by atoms with E-state index in [4.69, 9.17) is 4.52 Å². The second-order valence-electron chi connectivity index (χ2n) is 5.23. The van der Waals surface area contributed by atoms with Gasteiger partial charge in [-0.15, -0.1) is 0 Å². The lowest BCUT2D eigenvalue weighted by molar-refractivity contribution is 0.345. The molecule has 0 aromatic carbocycles. The van der Waals surface area contributed by atoms with Gasteiger partial charge in [0.25, 0.3) is 0 Å². The van der Waals surface area contributed by atoms with Crippen LogP contribution >= 0.6 is 0 Å². The Hall–Kier alpha value is -1.75. The molecule has 0 amide bonds. The van der Waals surface area contributed by atoms with Crippen LogP contribution in [0.15, 0.2) is 16.7 Å². The minimum Gasteiger partial charge on any atom is -0.339 e. The van der Waals surface area contributed by atoms with Gasteiger partial charge in [-0.1, -0.05) is 5.16 Å². The number of nitrogens with zero attached hydrogens (tertiary/aromatic N) is 3. The van der Waals surface area contributed by atoms with Crippen LogP contribution in [0.1, 0.15) is 36.5 Å². The predicted molar refractivity (Wildman–Crippen MR) is 71.8 cm³/mol. The number of hydrogen-bond donors (Lipinski definition) is 1. The zero-order chi connectivity index (χ0) is 13.4. The first kappa shape index (κ1) is 12.3. The average Bonchev–Trinajstić information content (AvgIpc) is 2.95. The number of rotatable bonds is 2. The molecule has 5 nitrogen and oxygen atoms in total. The molecular weight excluding hydrogens is 240 g/mol. The molecule has 3 heterocycles. The van der Waals surface area contributed by atoms with Crippen molar-refractivity contribution >= 4 is 0 Å². The molecular formula is C14H18N4O. The maximum Gasteiger partial charge on any atom is 0.231 e. The van der Waals surface area contributed by atoms with Crippen molar-refractivity contribution in [2.45, 2.75) is 39.2 Å². The quantitative estimate of drug-likeness (QED) is 0.894. The summed E-state index contributed by atoms with van der Waals surface area (Å²) < 4.78 is 5.43. The van der Waals surface area contributed by atoms with Crippen LogP contribution in [0.5, 0.6) is 0 Å². The third-order valence-electron chi connectivity index (χ3n) is 3.62. The standard InChI is InChI=1S/C14H18N4O/c1-8-6-11(7-9(2)16-8)13-17-14(19-18-13)12-4-5-15-10(12)3/h6-7,10,12,15H,4-5H2,1-3H3. The van der Waals surface area contributed by atoms with E-state index in [9.17, 15) is 0 Å². The fourth-order valence-corrected chi connectivity index (χ4v) is 2.66. The van der Waals surface area contributed by atoms with E-state index in [1.165, 1.54) is 0 Å². The number of aryl methyl sites for hydroxylation is 2. The first-order valence-electron chi connectivity index (χ1n) is 6.66. The van der Waals surface area contributed by atoms with Crippen LogP contribution in [0.25, 0.3) is 11.4 Å². The fraction of sp³-hybridized carbons (Fsp3) is 0.500. The Balaban J connectivity index is 1.92. The highest BCUT2D eigenvalue weighted by Crippen LogP contribution is 2.28. The molecule has 0 spiro atoms. The van der Waals surface area contributed by atoms with Gasteiger partial charge in [-0.05, 0) is 45.9 Å². The normalized spacial score (nSPS) is 22.9. The third kappa shape index (κ3) is 2.38. The van der Waals surface area contributed by atoms with Crippen molar-refractivity contribution in [3.63, 3.8) is 0 Å². The molecule has 1 aliphatic rings. The van der Waals surface area contributed by atoms with Gasteiger partial charge in [0.05, 0.1) is 5.92 Å². The van der Waals surface area contributed by atoms with E-state index in [1.54, 1.807) is 0 Å². The molecule has 1 N–H and O–H groups in total. The van der Waals surface area contributed by atoms with Gasteiger partial charge in [0.2, 0.25) is 11.7 Å². The van der Waals surface area contributed by atoms with Gasteiger partial charge >= 0.3 is 0 Å². The summed E-state index contributed by atoms with van der Waals surface area (Å²) in [7, 11) is 0. The van der Waals surface area contributed by atoms with E-state index in [1.807, 2.05) is 26.0 Å². The SMILES string of the molecule is Cc1cc(-c2noc(C3CCNC3C)n2)cc(C)n1. The maximum absolute atomic E-state index is 5.43. The van der Waals surface area contributed by atoms with Crippen LogP contribution in [0, 0.1) is 13.8 Å². The lowest BCUT2D eigenvalue weighted by Gasteiger charge is -2.08. The zero-order valence-electron chi connectivity index (χ0n) is 11.5. The smallest absolute Gasteiger partial charge is 0.231 e. The predicted octanol–water partition coefficient (Wildman–Crippen LogP) is 2.21. The highest BCUT2D eigenvalue weighted by atomic mass is 16.5. The largest absolute Gasteiger partial charge is 0.339 e. The average molecular weight is 258 g/mol. The van der Waals surface area contributed by atoms with Gasteiger partial charge in [-0.3, -0.25) is 4.98 Å². The van der Waals surface area contributed by atoms with Crippen LogP contribution in [0.4, 0.5) is 0 Å². The van der Waals surface area contributed by atoms with E-state index >= 15 is 0 Å². The van der Waals surface area contributed by atoms with E-state index in [-0.39, 0.29) is 0 Å². The molecule has 0 radical (unpaired) electrons. The lowest BCUT2D eigenvalue weighted by atomic mass is 10.0. The summed E-state index contributed by atoms with van der Waals surface area (Å²) in [6.07, 6.45) is 1.05. The molecule has 1 aliphatic heterocycles. The Morgan fingerprint density at radius 2 is 1.95 bits per heavy atom. The van der Waals surface area contributed by atoms with Gasteiger partial charge < -0.3 is 9.84 Å². The van der Waals surface area contributed by atoms with Gasteiger partial charge in [0, 0.05) is 23.0 Å². The summed E-state index contributed by atoms with van der Waals surface area (Å²) in [6, 6.07) is 4.37. The molecule has 2 atom stereocenters. The second kappa shape index (κ2) is 4.74. The molecule has 3 rings (SSSR count).